The second-order valence-electron chi connectivity index (χ2n) is 8.50. The van der Waals surface area contributed by atoms with Crippen molar-refractivity contribution in [3.8, 4) is 0 Å². The Morgan fingerprint density at radius 2 is 1.65 bits per heavy atom. The van der Waals surface area contributed by atoms with Crippen LogP contribution in [0.3, 0.4) is 0 Å². The van der Waals surface area contributed by atoms with Gasteiger partial charge in [0.1, 0.15) is 12.6 Å². The van der Waals surface area contributed by atoms with Crippen molar-refractivity contribution >= 4 is 55.1 Å². The second kappa shape index (κ2) is 13.1. The monoisotopic (exact) mass is 605 g/mol. The van der Waals surface area contributed by atoms with E-state index < -0.39 is 28.5 Å². The zero-order valence-corrected chi connectivity index (χ0v) is 23.8. The summed E-state index contributed by atoms with van der Waals surface area (Å²) in [6, 6.07) is 22.2. The molecule has 0 saturated carbocycles. The van der Waals surface area contributed by atoms with Crippen molar-refractivity contribution in [1.29, 1.82) is 0 Å². The second-order valence-corrected chi connectivity index (χ2v) is 11.8. The summed E-state index contributed by atoms with van der Waals surface area (Å²) in [6.45, 7) is 1.83. The van der Waals surface area contributed by atoms with Crippen molar-refractivity contribution in [2.75, 3.05) is 23.7 Å². The first kappa shape index (κ1) is 28.7. The highest BCUT2D eigenvalue weighted by molar-refractivity contribution is 9.10. The minimum absolute atomic E-state index is 0.0979. The Kier molecular flexibility index (Phi) is 10.1. The van der Waals surface area contributed by atoms with Gasteiger partial charge >= 0.3 is 0 Å². The van der Waals surface area contributed by atoms with Crippen LogP contribution in [0.5, 0.6) is 0 Å². The Labute approximate surface area is 231 Å². The van der Waals surface area contributed by atoms with Gasteiger partial charge in [0.2, 0.25) is 21.8 Å². The predicted molar refractivity (Wildman–Crippen MR) is 151 cm³/mol. The van der Waals surface area contributed by atoms with E-state index in [-0.39, 0.29) is 18.9 Å². The number of amides is 2. The number of halogens is 2. The first-order chi connectivity index (χ1) is 17.6. The van der Waals surface area contributed by atoms with E-state index >= 15 is 0 Å². The SMILES string of the molecule is CCNC(=O)C(Cc1ccccc1)N(Cc1ccc(Cl)cc1)C(=O)CN(c1cccc(Br)c1)S(C)(=O)=O. The van der Waals surface area contributed by atoms with Gasteiger partial charge in [-0.2, -0.15) is 0 Å². The third-order valence-electron chi connectivity index (χ3n) is 5.66. The van der Waals surface area contributed by atoms with Crippen LogP contribution in [0.2, 0.25) is 5.02 Å². The lowest BCUT2D eigenvalue weighted by Crippen LogP contribution is -2.53. The molecular weight excluding hydrogens is 578 g/mol. The maximum absolute atomic E-state index is 13.9. The molecule has 37 heavy (non-hydrogen) atoms. The van der Waals surface area contributed by atoms with E-state index in [1.165, 1.54) is 4.90 Å². The van der Waals surface area contributed by atoms with Gasteiger partial charge in [-0.05, 0) is 48.4 Å². The number of nitrogens with zero attached hydrogens (tertiary/aromatic N) is 2. The van der Waals surface area contributed by atoms with E-state index in [1.807, 2.05) is 37.3 Å². The zero-order valence-electron chi connectivity index (χ0n) is 20.6. The van der Waals surface area contributed by atoms with Crippen LogP contribution in [0.25, 0.3) is 0 Å². The minimum Gasteiger partial charge on any atom is -0.355 e. The molecule has 1 unspecified atom stereocenters. The van der Waals surface area contributed by atoms with Crippen LogP contribution in [0.15, 0.2) is 83.3 Å². The molecule has 2 amide bonds. The number of hydrogen-bond donors (Lipinski definition) is 1. The molecule has 0 radical (unpaired) electrons. The van der Waals surface area contributed by atoms with Gasteiger partial charge in [0.25, 0.3) is 0 Å². The number of carbonyl (C=O) groups is 2. The van der Waals surface area contributed by atoms with Crippen LogP contribution in [-0.2, 0) is 32.6 Å². The fourth-order valence-electron chi connectivity index (χ4n) is 3.88. The number of hydrogen-bond acceptors (Lipinski definition) is 4. The summed E-state index contributed by atoms with van der Waals surface area (Å²) in [7, 11) is -3.81. The van der Waals surface area contributed by atoms with E-state index in [4.69, 9.17) is 11.6 Å². The van der Waals surface area contributed by atoms with Gasteiger partial charge in [0.05, 0.1) is 11.9 Å². The molecule has 0 aromatic heterocycles. The summed E-state index contributed by atoms with van der Waals surface area (Å²) >= 11 is 9.41. The average Bonchev–Trinajstić information content (AvgIpc) is 2.85. The van der Waals surface area contributed by atoms with Gasteiger partial charge in [0, 0.05) is 29.0 Å². The maximum atomic E-state index is 13.9. The lowest BCUT2D eigenvalue weighted by molar-refractivity contribution is -0.140. The number of nitrogens with one attached hydrogen (secondary N) is 1. The largest absolute Gasteiger partial charge is 0.355 e. The van der Waals surface area contributed by atoms with E-state index in [1.54, 1.807) is 48.5 Å². The number of anilines is 1. The number of rotatable bonds is 11. The van der Waals surface area contributed by atoms with Crippen LogP contribution in [0.4, 0.5) is 5.69 Å². The number of carbonyl (C=O) groups excluding carboxylic acids is 2. The van der Waals surface area contributed by atoms with Crippen molar-refractivity contribution in [1.82, 2.24) is 10.2 Å². The molecule has 3 rings (SSSR count). The highest BCUT2D eigenvalue weighted by Gasteiger charge is 2.32. The molecule has 10 heteroatoms. The molecule has 0 aliphatic carbocycles. The van der Waals surface area contributed by atoms with Crippen LogP contribution >= 0.6 is 27.5 Å². The fraction of sp³-hybridized carbons (Fsp3) is 0.259. The number of likely N-dealkylation sites (N-methyl/N-ethyl adjacent to an activating group) is 1. The maximum Gasteiger partial charge on any atom is 0.244 e. The molecule has 0 heterocycles. The molecule has 0 fully saturated rings. The van der Waals surface area contributed by atoms with E-state index in [0.29, 0.717) is 21.7 Å². The lowest BCUT2D eigenvalue weighted by atomic mass is 10.0. The van der Waals surface area contributed by atoms with Crippen LogP contribution in [0, 0.1) is 0 Å². The molecule has 0 bridgehead atoms. The van der Waals surface area contributed by atoms with E-state index in [9.17, 15) is 18.0 Å². The normalized spacial score (nSPS) is 12.0. The van der Waals surface area contributed by atoms with Gasteiger partial charge in [-0.3, -0.25) is 13.9 Å². The fourth-order valence-corrected chi connectivity index (χ4v) is 5.23. The molecule has 1 N–H and O–H groups in total. The highest BCUT2D eigenvalue weighted by Crippen LogP contribution is 2.23. The van der Waals surface area contributed by atoms with E-state index in [0.717, 1.165) is 21.7 Å². The summed E-state index contributed by atoms with van der Waals surface area (Å²) in [4.78, 5) is 28.6. The van der Waals surface area contributed by atoms with Crippen molar-refractivity contribution in [3.63, 3.8) is 0 Å². The van der Waals surface area contributed by atoms with Gasteiger partial charge in [-0.1, -0.05) is 76.1 Å². The van der Waals surface area contributed by atoms with Gasteiger partial charge in [-0.15, -0.1) is 0 Å². The van der Waals surface area contributed by atoms with Gasteiger partial charge in [-0.25, -0.2) is 8.42 Å². The molecule has 0 saturated heterocycles. The Bertz CT molecular complexity index is 1320. The molecule has 0 aliphatic rings. The Morgan fingerprint density at radius 1 is 0.973 bits per heavy atom. The first-order valence-corrected chi connectivity index (χ1v) is 14.7. The van der Waals surface area contributed by atoms with Crippen LogP contribution < -0.4 is 9.62 Å². The van der Waals surface area contributed by atoms with Crippen LogP contribution in [0.1, 0.15) is 18.1 Å². The Morgan fingerprint density at radius 3 is 2.24 bits per heavy atom. The van der Waals surface area contributed by atoms with Crippen molar-refractivity contribution < 1.29 is 18.0 Å². The quantitative estimate of drug-likeness (QED) is 0.345. The first-order valence-electron chi connectivity index (χ1n) is 11.7. The molecule has 0 spiro atoms. The van der Waals surface area contributed by atoms with Gasteiger partial charge < -0.3 is 10.2 Å². The minimum atomic E-state index is -3.81. The topological polar surface area (TPSA) is 86.8 Å². The summed E-state index contributed by atoms with van der Waals surface area (Å²) < 4.78 is 27.2. The van der Waals surface area contributed by atoms with Crippen molar-refractivity contribution in [3.05, 3.63) is 99.5 Å². The smallest absolute Gasteiger partial charge is 0.244 e. The van der Waals surface area contributed by atoms with Crippen LogP contribution in [-0.4, -0.2) is 50.5 Å². The number of benzene rings is 3. The molecule has 196 valence electrons. The Hall–Kier alpha value is -2.88. The van der Waals surface area contributed by atoms with E-state index in [2.05, 4.69) is 21.2 Å². The lowest BCUT2D eigenvalue weighted by Gasteiger charge is -2.33. The molecule has 0 aliphatic heterocycles. The highest BCUT2D eigenvalue weighted by atomic mass is 79.9. The molecular formula is C27H29BrClN3O4S. The average molecular weight is 607 g/mol. The molecule has 7 nitrogen and oxygen atoms in total. The molecule has 1 atom stereocenters. The zero-order chi connectivity index (χ0) is 27.0. The predicted octanol–water partition coefficient (Wildman–Crippen LogP) is 4.64. The van der Waals surface area contributed by atoms with Gasteiger partial charge in [0.15, 0.2) is 0 Å². The summed E-state index contributed by atoms with van der Waals surface area (Å²) in [5, 5.41) is 3.37. The van der Waals surface area contributed by atoms with Crippen molar-refractivity contribution in [2.24, 2.45) is 0 Å². The standard InChI is InChI=1S/C27H29BrClN3O4S/c1-3-30-27(34)25(16-20-8-5-4-6-9-20)31(18-21-12-14-23(29)15-13-21)26(33)19-32(37(2,35)36)24-11-7-10-22(28)17-24/h4-15,17,25H,3,16,18-19H2,1-2H3,(H,30,34). The number of sulfonamides is 1. The molecule has 3 aromatic rings. The summed E-state index contributed by atoms with van der Waals surface area (Å²) in [5.41, 5.74) is 1.97. The third kappa shape index (κ3) is 8.31. The summed E-state index contributed by atoms with van der Waals surface area (Å²) in [6.07, 6.45) is 1.32. The van der Waals surface area contributed by atoms with Crippen molar-refractivity contribution in [2.45, 2.75) is 25.9 Å². The third-order valence-corrected chi connectivity index (χ3v) is 7.55. The Balaban J connectivity index is 2.03. The molecule has 3 aromatic carbocycles. The summed E-state index contributed by atoms with van der Waals surface area (Å²) in [5.74, 6) is -0.824.